The van der Waals surface area contributed by atoms with Crippen molar-refractivity contribution >= 4 is 10.9 Å². The van der Waals surface area contributed by atoms with Crippen LogP contribution in [-0.2, 0) is 25.9 Å². The largest absolute Gasteiger partial charge is 0.343 e. The van der Waals surface area contributed by atoms with Gasteiger partial charge in [-0.15, -0.1) is 0 Å². The second kappa shape index (κ2) is 5.78. The molecule has 0 amide bonds. The lowest BCUT2D eigenvalue weighted by atomic mass is 9.97. The first-order valence-electron chi connectivity index (χ1n) is 9.27. The van der Waals surface area contributed by atoms with E-state index >= 15 is 0 Å². The normalized spacial score (nSPS) is 20.2. The Bertz CT molecular complexity index is 862. The van der Waals surface area contributed by atoms with Crippen molar-refractivity contribution in [3.63, 3.8) is 0 Å². The van der Waals surface area contributed by atoms with Gasteiger partial charge in [-0.2, -0.15) is 0 Å². The molecule has 0 aliphatic carbocycles. The summed E-state index contributed by atoms with van der Waals surface area (Å²) in [7, 11) is 0. The molecule has 3 heterocycles. The Morgan fingerprint density at radius 1 is 0.958 bits per heavy atom. The second-order valence-electron chi connectivity index (χ2n) is 7.30. The van der Waals surface area contributed by atoms with Gasteiger partial charge in [0.25, 0.3) is 0 Å². The van der Waals surface area contributed by atoms with Gasteiger partial charge in [0.15, 0.2) is 0 Å². The summed E-state index contributed by atoms with van der Waals surface area (Å²) in [5.74, 6) is 0. The number of fused-ring (bicyclic) bond motifs is 4. The van der Waals surface area contributed by atoms with Crippen LogP contribution in [0.15, 0.2) is 54.6 Å². The van der Waals surface area contributed by atoms with Gasteiger partial charge in [0.05, 0.1) is 0 Å². The number of aryl methyl sites for hydroxylation is 2. The Balaban J connectivity index is 1.55. The lowest BCUT2D eigenvalue weighted by molar-refractivity contribution is 0.221. The Morgan fingerprint density at radius 2 is 1.79 bits per heavy atom. The van der Waals surface area contributed by atoms with Gasteiger partial charge in [-0.25, -0.2) is 0 Å². The zero-order valence-corrected chi connectivity index (χ0v) is 14.1. The topological polar surface area (TPSA) is 8.17 Å². The lowest BCUT2D eigenvalue weighted by Gasteiger charge is -2.31. The van der Waals surface area contributed by atoms with Crippen molar-refractivity contribution in [2.75, 3.05) is 6.54 Å². The maximum Gasteiger partial charge on any atom is 0.0485 e. The molecule has 1 aromatic heterocycles. The van der Waals surface area contributed by atoms with E-state index in [4.69, 9.17) is 0 Å². The summed E-state index contributed by atoms with van der Waals surface area (Å²) >= 11 is 0. The molecule has 1 unspecified atom stereocenters. The molecular formula is C22H24N2. The molecule has 2 aromatic carbocycles. The summed E-state index contributed by atoms with van der Waals surface area (Å²) in [6, 6.07) is 20.7. The molecule has 3 aromatic rings. The standard InChI is InChI=1S/C22H24N2/c1-2-7-17(8-3-1)12-14-24-21-11-5-4-10-19(21)20-15-18-9-6-13-23(18)16-22(20)24/h1-5,7-8,10-11,18H,6,9,12-16H2. The van der Waals surface area contributed by atoms with Gasteiger partial charge < -0.3 is 4.57 Å². The van der Waals surface area contributed by atoms with Crippen molar-refractivity contribution < 1.29 is 0 Å². The van der Waals surface area contributed by atoms with E-state index in [1.165, 1.54) is 42.3 Å². The second-order valence-corrected chi connectivity index (χ2v) is 7.30. The maximum atomic E-state index is 2.71. The lowest BCUT2D eigenvalue weighted by Crippen LogP contribution is -2.36. The summed E-state index contributed by atoms with van der Waals surface area (Å²) in [5.41, 5.74) is 6.06. The van der Waals surface area contributed by atoms with Crippen molar-refractivity contribution in [2.45, 2.75) is 44.8 Å². The van der Waals surface area contributed by atoms with Crippen molar-refractivity contribution in [2.24, 2.45) is 0 Å². The Morgan fingerprint density at radius 3 is 2.71 bits per heavy atom. The van der Waals surface area contributed by atoms with Crippen molar-refractivity contribution in [1.82, 2.24) is 9.47 Å². The highest BCUT2D eigenvalue weighted by Gasteiger charge is 2.33. The summed E-state index contributed by atoms with van der Waals surface area (Å²) in [4.78, 5) is 2.71. The minimum absolute atomic E-state index is 0.783. The molecule has 1 saturated heterocycles. The van der Waals surface area contributed by atoms with Gasteiger partial charge in [0.2, 0.25) is 0 Å². The molecule has 1 fully saturated rings. The molecule has 0 spiro atoms. The molecule has 2 heteroatoms. The van der Waals surface area contributed by atoms with Crippen molar-refractivity contribution in [3.8, 4) is 0 Å². The summed E-state index contributed by atoms with van der Waals surface area (Å²) in [6.45, 7) is 3.51. The molecular weight excluding hydrogens is 292 g/mol. The number of para-hydroxylation sites is 1. The van der Waals surface area contributed by atoms with Crippen molar-refractivity contribution in [1.29, 1.82) is 0 Å². The third-order valence-corrected chi connectivity index (χ3v) is 5.95. The van der Waals surface area contributed by atoms with Crippen LogP contribution in [0.3, 0.4) is 0 Å². The maximum absolute atomic E-state index is 2.71. The van der Waals surface area contributed by atoms with Gasteiger partial charge in [0, 0.05) is 35.7 Å². The van der Waals surface area contributed by atoms with E-state index in [1.54, 1.807) is 11.3 Å². The number of hydrogen-bond acceptors (Lipinski definition) is 1. The molecule has 1 atom stereocenters. The predicted octanol–water partition coefficient (Wildman–Crippen LogP) is 4.40. The SMILES string of the molecule is c1ccc(CCn2c3c(c4ccccc42)CC2CCCN2C3)cc1. The highest BCUT2D eigenvalue weighted by atomic mass is 15.2. The molecule has 0 bridgehead atoms. The molecule has 24 heavy (non-hydrogen) atoms. The smallest absolute Gasteiger partial charge is 0.0485 e. The van der Waals surface area contributed by atoms with Gasteiger partial charge >= 0.3 is 0 Å². The third-order valence-electron chi connectivity index (χ3n) is 5.95. The van der Waals surface area contributed by atoms with Crippen LogP contribution in [-0.4, -0.2) is 22.1 Å². The summed E-state index contributed by atoms with van der Waals surface area (Å²) in [6.07, 6.45) is 5.10. The zero-order chi connectivity index (χ0) is 15.9. The molecule has 122 valence electrons. The average molecular weight is 316 g/mol. The van der Waals surface area contributed by atoms with Crippen LogP contribution in [0.5, 0.6) is 0 Å². The van der Waals surface area contributed by atoms with Gasteiger partial charge in [-0.1, -0.05) is 48.5 Å². The zero-order valence-electron chi connectivity index (χ0n) is 14.1. The number of rotatable bonds is 3. The first kappa shape index (κ1) is 14.3. The van der Waals surface area contributed by atoms with Crippen molar-refractivity contribution in [3.05, 3.63) is 71.4 Å². The summed E-state index contributed by atoms with van der Waals surface area (Å²) < 4.78 is 2.60. The third kappa shape index (κ3) is 2.29. The van der Waals surface area contributed by atoms with Crippen LogP contribution < -0.4 is 0 Å². The first-order valence-corrected chi connectivity index (χ1v) is 9.27. The highest BCUT2D eigenvalue weighted by Crippen LogP contribution is 2.36. The fourth-order valence-electron chi connectivity index (χ4n) is 4.74. The predicted molar refractivity (Wildman–Crippen MR) is 99.2 cm³/mol. The Labute approximate surface area is 143 Å². The van der Waals surface area contributed by atoms with E-state index in [2.05, 4.69) is 64.1 Å². The fraction of sp³-hybridized carbons (Fsp3) is 0.364. The van der Waals surface area contributed by atoms with Crippen LogP contribution in [0.2, 0.25) is 0 Å². The number of aromatic nitrogens is 1. The first-order chi connectivity index (χ1) is 11.9. The molecule has 2 nitrogen and oxygen atoms in total. The van der Waals surface area contributed by atoms with Crippen LogP contribution in [0.25, 0.3) is 10.9 Å². The Kier molecular flexibility index (Phi) is 3.45. The molecule has 0 radical (unpaired) electrons. The average Bonchev–Trinajstić information content (AvgIpc) is 3.21. The van der Waals surface area contributed by atoms with E-state index < -0.39 is 0 Å². The fourth-order valence-corrected chi connectivity index (χ4v) is 4.74. The molecule has 2 aliphatic heterocycles. The summed E-state index contributed by atoms with van der Waals surface area (Å²) in [5, 5.41) is 1.49. The monoisotopic (exact) mass is 316 g/mol. The molecule has 2 aliphatic rings. The number of benzene rings is 2. The van der Waals surface area contributed by atoms with E-state index in [9.17, 15) is 0 Å². The minimum atomic E-state index is 0.783. The van der Waals surface area contributed by atoms with E-state index in [-0.39, 0.29) is 0 Å². The Hall–Kier alpha value is -2.06. The molecule has 0 saturated carbocycles. The van der Waals surface area contributed by atoms with Crippen LogP contribution in [0, 0.1) is 0 Å². The van der Waals surface area contributed by atoms with E-state index in [0.717, 1.165) is 25.6 Å². The number of hydrogen-bond donors (Lipinski definition) is 0. The van der Waals surface area contributed by atoms with E-state index in [0.29, 0.717) is 0 Å². The van der Waals surface area contributed by atoms with Crippen LogP contribution in [0.4, 0.5) is 0 Å². The highest BCUT2D eigenvalue weighted by molar-refractivity contribution is 5.86. The van der Waals surface area contributed by atoms with Gasteiger partial charge in [0.1, 0.15) is 0 Å². The van der Waals surface area contributed by atoms with Gasteiger partial charge in [-0.05, 0) is 49.4 Å². The molecule has 0 N–H and O–H groups in total. The quantitative estimate of drug-likeness (QED) is 0.695. The molecule has 5 rings (SSSR count). The van der Waals surface area contributed by atoms with E-state index in [1.807, 2.05) is 0 Å². The van der Waals surface area contributed by atoms with Crippen LogP contribution >= 0.6 is 0 Å². The van der Waals surface area contributed by atoms with Crippen LogP contribution in [0.1, 0.15) is 29.7 Å². The number of nitrogens with zero attached hydrogens (tertiary/aromatic N) is 2. The minimum Gasteiger partial charge on any atom is -0.343 e. The van der Waals surface area contributed by atoms with Gasteiger partial charge in [-0.3, -0.25) is 4.90 Å².